The molecule has 2 aromatic carbocycles. The largest absolute Gasteiger partial charge is 0.481 e. The third-order valence-corrected chi connectivity index (χ3v) is 4.22. The Morgan fingerprint density at radius 3 is 2.61 bits per heavy atom. The molecule has 0 fully saturated rings. The van der Waals surface area contributed by atoms with Gasteiger partial charge in [0.1, 0.15) is 11.7 Å². The highest BCUT2D eigenvalue weighted by atomic mass is 32.2. The van der Waals surface area contributed by atoms with E-state index in [4.69, 9.17) is 0 Å². The summed E-state index contributed by atoms with van der Waals surface area (Å²) >= 11 is 1.29. The Kier molecular flexibility index (Phi) is 2.59. The van der Waals surface area contributed by atoms with Gasteiger partial charge in [-0.2, -0.15) is 0 Å². The second-order valence-corrected chi connectivity index (χ2v) is 5.12. The topological polar surface area (TPSA) is 37.3 Å². The number of carboxylic acid groups (broad SMARTS) is 1. The first-order valence-corrected chi connectivity index (χ1v) is 6.28. The maximum Gasteiger partial charge on any atom is 0.315 e. The molecule has 2 nitrogen and oxygen atoms in total. The van der Waals surface area contributed by atoms with Crippen molar-refractivity contribution >= 4 is 17.7 Å². The van der Waals surface area contributed by atoms with E-state index in [1.807, 2.05) is 12.1 Å². The lowest BCUT2D eigenvalue weighted by Crippen LogP contribution is -2.18. The van der Waals surface area contributed by atoms with Crippen LogP contribution in [0.3, 0.4) is 0 Å². The Balaban J connectivity index is 2.27. The maximum absolute atomic E-state index is 13.8. The summed E-state index contributed by atoms with van der Waals surface area (Å²) in [6.45, 7) is 0. The van der Waals surface area contributed by atoms with E-state index in [0.717, 1.165) is 10.5 Å². The SMILES string of the molecule is O=C(O)C1c2ccccc2Sc2c(F)cccc21. The quantitative estimate of drug-likeness (QED) is 0.852. The summed E-state index contributed by atoms with van der Waals surface area (Å²) in [5.74, 6) is -2.10. The molecule has 1 aliphatic heterocycles. The van der Waals surface area contributed by atoms with Crippen molar-refractivity contribution in [2.24, 2.45) is 0 Å². The van der Waals surface area contributed by atoms with Gasteiger partial charge >= 0.3 is 5.97 Å². The highest BCUT2D eigenvalue weighted by Crippen LogP contribution is 2.46. The van der Waals surface area contributed by atoms with Gasteiger partial charge in [0.05, 0.1) is 4.90 Å². The molecular formula is C14H9FO2S. The Morgan fingerprint density at radius 2 is 1.83 bits per heavy atom. The number of carboxylic acids is 1. The van der Waals surface area contributed by atoms with E-state index in [2.05, 4.69) is 0 Å². The molecule has 18 heavy (non-hydrogen) atoms. The summed E-state index contributed by atoms with van der Waals surface area (Å²) < 4.78 is 13.8. The van der Waals surface area contributed by atoms with Gasteiger partial charge in [-0.25, -0.2) is 4.39 Å². The first kappa shape index (κ1) is 11.3. The molecule has 2 aromatic rings. The molecule has 1 N–H and O–H groups in total. The molecule has 1 heterocycles. The fourth-order valence-corrected chi connectivity index (χ4v) is 3.36. The molecule has 0 spiro atoms. The van der Waals surface area contributed by atoms with Gasteiger partial charge in [0, 0.05) is 4.90 Å². The first-order chi connectivity index (χ1) is 8.68. The number of benzene rings is 2. The zero-order valence-electron chi connectivity index (χ0n) is 9.26. The van der Waals surface area contributed by atoms with Crippen molar-refractivity contribution in [2.45, 2.75) is 15.7 Å². The van der Waals surface area contributed by atoms with Crippen LogP contribution in [-0.2, 0) is 4.79 Å². The molecule has 0 aromatic heterocycles. The van der Waals surface area contributed by atoms with Crippen LogP contribution in [0.2, 0.25) is 0 Å². The van der Waals surface area contributed by atoms with Crippen LogP contribution in [0.15, 0.2) is 52.3 Å². The average Bonchev–Trinajstić information content (AvgIpc) is 2.36. The van der Waals surface area contributed by atoms with Crippen molar-refractivity contribution in [1.29, 1.82) is 0 Å². The lowest BCUT2D eigenvalue weighted by atomic mass is 9.90. The number of halogens is 1. The molecule has 1 atom stereocenters. The molecule has 0 radical (unpaired) electrons. The van der Waals surface area contributed by atoms with Gasteiger partial charge in [-0.1, -0.05) is 42.1 Å². The molecule has 90 valence electrons. The van der Waals surface area contributed by atoms with E-state index >= 15 is 0 Å². The summed E-state index contributed by atoms with van der Waals surface area (Å²) in [5.41, 5.74) is 1.26. The molecule has 4 heteroatoms. The van der Waals surface area contributed by atoms with Crippen LogP contribution in [0.5, 0.6) is 0 Å². The van der Waals surface area contributed by atoms with Gasteiger partial charge in [-0.3, -0.25) is 4.79 Å². The minimum Gasteiger partial charge on any atom is -0.481 e. The zero-order chi connectivity index (χ0) is 12.7. The second kappa shape index (κ2) is 4.14. The van der Waals surface area contributed by atoms with Crippen molar-refractivity contribution in [3.05, 3.63) is 59.4 Å². The minimum atomic E-state index is -0.949. The van der Waals surface area contributed by atoms with Crippen LogP contribution in [0.1, 0.15) is 17.0 Å². The van der Waals surface area contributed by atoms with Gasteiger partial charge in [0.25, 0.3) is 0 Å². The smallest absolute Gasteiger partial charge is 0.315 e. The van der Waals surface area contributed by atoms with Gasteiger partial charge in [-0.15, -0.1) is 0 Å². The van der Waals surface area contributed by atoms with Crippen LogP contribution in [0.4, 0.5) is 4.39 Å². The minimum absolute atomic E-state index is 0.363. The predicted octanol–water partition coefficient (Wildman–Crippen LogP) is 3.51. The lowest BCUT2D eigenvalue weighted by Gasteiger charge is -2.25. The van der Waals surface area contributed by atoms with Crippen molar-refractivity contribution in [1.82, 2.24) is 0 Å². The summed E-state index contributed by atoms with van der Waals surface area (Å²) in [6, 6.07) is 11.8. The van der Waals surface area contributed by atoms with Crippen molar-refractivity contribution in [2.75, 3.05) is 0 Å². The van der Waals surface area contributed by atoms with E-state index < -0.39 is 11.9 Å². The molecule has 0 aliphatic carbocycles. The molecule has 0 saturated heterocycles. The zero-order valence-corrected chi connectivity index (χ0v) is 10.1. The standard InChI is InChI=1S/C14H9FO2S/c15-10-6-3-5-9-12(14(16)17)8-4-1-2-7-11(8)18-13(9)10/h1-7,12H,(H,16,17). The van der Waals surface area contributed by atoms with Crippen LogP contribution in [-0.4, -0.2) is 11.1 Å². The Bertz CT molecular complexity index is 639. The fraction of sp³-hybridized carbons (Fsp3) is 0.0714. The number of fused-ring (bicyclic) bond motifs is 2. The average molecular weight is 260 g/mol. The van der Waals surface area contributed by atoms with E-state index in [0.29, 0.717) is 10.5 Å². The van der Waals surface area contributed by atoms with Crippen LogP contribution >= 0.6 is 11.8 Å². The number of hydrogen-bond acceptors (Lipinski definition) is 2. The summed E-state index contributed by atoms with van der Waals surface area (Å²) in [4.78, 5) is 12.7. The van der Waals surface area contributed by atoms with E-state index in [-0.39, 0.29) is 5.82 Å². The number of rotatable bonds is 1. The Labute approximate surface area is 107 Å². The Hall–Kier alpha value is -1.81. The molecule has 0 saturated carbocycles. The molecule has 0 bridgehead atoms. The summed E-state index contributed by atoms with van der Waals surface area (Å²) in [5, 5.41) is 9.39. The van der Waals surface area contributed by atoms with Gasteiger partial charge in [0.15, 0.2) is 0 Å². The molecule has 1 unspecified atom stereocenters. The third-order valence-electron chi connectivity index (χ3n) is 3.00. The van der Waals surface area contributed by atoms with E-state index in [1.54, 1.807) is 24.3 Å². The van der Waals surface area contributed by atoms with Crippen molar-refractivity contribution in [3.8, 4) is 0 Å². The third kappa shape index (κ3) is 1.61. The molecular weight excluding hydrogens is 251 g/mol. The van der Waals surface area contributed by atoms with Crippen LogP contribution in [0.25, 0.3) is 0 Å². The van der Waals surface area contributed by atoms with Gasteiger partial charge in [0.2, 0.25) is 0 Å². The number of aliphatic carboxylic acids is 1. The van der Waals surface area contributed by atoms with Crippen molar-refractivity contribution < 1.29 is 14.3 Å². The highest BCUT2D eigenvalue weighted by Gasteiger charge is 2.32. The van der Waals surface area contributed by atoms with E-state index in [1.165, 1.54) is 17.8 Å². The lowest BCUT2D eigenvalue weighted by molar-refractivity contribution is -0.137. The fourth-order valence-electron chi connectivity index (χ4n) is 2.22. The van der Waals surface area contributed by atoms with Crippen molar-refractivity contribution in [3.63, 3.8) is 0 Å². The number of carbonyl (C=O) groups is 1. The molecule has 3 rings (SSSR count). The monoisotopic (exact) mass is 260 g/mol. The van der Waals surface area contributed by atoms with Crippen LogP contribution < -0.4 is 0 Å². The molecule has 0 amide bonds. The van der Waals surface area contributed by atoms with E-state index in [9.17, 15) is 14.3 Å². The predicted molar refractivity (Wildman–Crippen MR) is 66.4 cm³/mol. The normalized spacial score (nSPS) is 16.8. The molecule has 1 aliphatic rings. The summed E-state index contributed by atoms with van der Waals surface area (Å²) in [7, 11) is 0. The number of hydrogen-bond donors (Lipinski definition) is 1. The highest BCUT2D eigenvalue weighted by molar-refractivity contribution is 7.99. The second-order valence-electron chi connectivity index (χ2n) is 4.07. The van der Waals surface area contributed by atoms with Gasteiger partial charge in [-0.05, 0) is 23.3 Å². The van der Waals surface area contributed by atoms with Gasteiger partial charge < -0.3 is 5.11 Å². The van der Waals surface area contributed by atoms with Crippen LogP contribution in [0, 0.1) is 5.82 Å². The Morgan fingerprint density at radius 1 is 1.11 bits per heavy atom. The maximum atomic E-state index is 13.8. The first-order valence-electron chi connectivity index (χ1n) is 5.46. The summed E-state index contributed by atoms with van der Waals surface area (Å²) in [6.07, 6.45) is 0.